The van der Waals surface area contributed by atoms with Gasteiger partial charge in [-0.1, -0.05) is 44.2 Å². The molecular formula is C17H25F3N2O2. The summed E-state index contributed by atoms with van der Waals surface area (Å²) in [5, 5.41) is 5.42. The summed E-state index contributed by atoms with van der Waals surface area (Å²) in [6.07, 6.45) is -3.98. The van der Waals surface area contributed by atoms with Gasteiger partial charge in [-0.15, -0.1) is 0 Å². The normalized spacial score (nSPS) is 12.9. The van der Waals surface area contributed by atoms with Gasteiger partial charge in [0.05, 0.1) is 0 Å². The minimum absolute atomic E-state index is 0.0432. The number of benzene rings is 1. The molecule has 2 N–H and O–H groups in total. The first-order chi connectivity index (χ1) is 11.3. The van der Waals surface area contributed by atoms with Crippen LogP contribution in [0.25, 0.3) is 0 Å². The highest BCUT2D eigenvalue weighted by Crippen LogP contribution is 2.23. The number of urea groups is 1. The molecule has 0 heterocycles. The van der Waals surface area contributed by atoms with E-state index in [1.165, 1.54) is 0 Å². The smallest absolute Gasteiger partial charge is 0.372 e. The molecule has 0 aliphatic carbocycles. The summed E-state index contributed by atoms with van der Waals surface area (Å²) in [4.78, 5) is 11.8. The summed E-state index contributed by atoms with van der Waals surface area (Å²) < 4.78 is 40.1. The summed E-state index contributed by atoms with van der Waals surface area (Å²) in [6.45, 7) is 3.65. The van der Waals surface area contributed by atoms with Crippen molar-refractivity contribution < 1.29 is 22.7 Å². The Bertz CT molecular complexity index is 478. The lowest BCUT2D eigenvalue weighted by molar-refractivity contribution is -0.173. The van der Waals surface area contributed by atoms with Gasteiger partial charge in [-0.25, -0.2) is 4.79 Å². The second-order valence-corrected chi connectivity index (χ2v) is 5.92. The Morgan fingerprint density at radius 2 is 1.83 bits per heavy atom. The third kappa shape index (κ3) is 8.76. The highest BCUT2D eigenvalue weighted by atomic mass is 19.4. The fourth-order valence-corrected chi connectivity index (χ4v) is 2.27. The number of halogens is 3. The van der Waals surface area contributed by atoms with Gasteiger partial charge in [0.15, 0.2) is 0 Å². The summed E-state index contributed by atoms with van der Waals surface area (Å²) in [5.41, 5.74) is 1.16. The Morgan fingerprint density at radius 3 is 2.42 bits per heavy atom. The molecule has 0 aromatic heterocycles. The molecule has 2 amide bonds. The molecule has 4 nitrogen and oxygen atoms in total. The second kappa shape index (κ2) is 10.2. The molecule has 0 spiro atoms. The molecule has 0 aliphatic heterocycles. The summed E-state index contributed by atoms with van der Waals surface area (Å²) in [6, 6.07) is 9.61. The Balaban J connectivity index is 2.22. The number of alkyl halides is 3. The number of carbonyl (C=O) groups excluding carboxylic acids is 1. The number of carbonyl (C=O) groups is 1. The van der Waals surface area contributed by atoms with Crippen LogP contribution in [0.2, 0.25) is 0 Å². The predicted octanol–water partition coefficient (Wildman–Crippen LogP) is 3.69. The van der Waals surface area contributed by atoms with E-state index in [0.717, 1.165) is 5.56 Å². The second-order valence-electron chi connectivity index (χ2n) is 5.92. The molecule has 7 heteroatoms. The Kier molecular flexibility index (Phi) is 8.60. The van der Waals surface area contributed by atoms with Crippen molar-refractivity contribution in [1.82, 2.24) is 10.6 Å². The van der Waals surface area contributed by atoms with Crippen molar-refractivity contribution in [2.24, 2.45) is 5.92 Å². The van der Waals surface area contributed by atoms with Crippen molar-refractivity contribution >= 4 is 6.03 Å². The van der Waals surface area contributed by atoms with Crippen molar-refractivity contribution in [1.29, 1.82) is 0 Å². The molecular weight excluding hydrogens is 321 g/mol. The summed E-state index contributed by atoms with van der Waals surface area (Å²) in [5.74, 6) is 0.565. The van der Waals surface area contributed by atoms with Crippen molar-refractivity contribution in [3.05, 3.63) is 35.9 Å². The average molecular weight is 346 g/mol. The Morgan fingerprint density at radius 1 is 1.17 bits per heavy atom. The predicted molar refractivity (Wildman–Crippen MR) is 86.9 cm³/mol. The minimum atomic E-state index is -4.31. The number of hydrogen-bond acceptors (Lipinski definition) is 2. The lowest BCUT2D eigenvalue weighted by Gasteiger charge is -2.22. The zero-order valence-electron chi connectivity index (χ0n) is 14.0. The van der Waals surface area contributed by atoms with Gasteiger partial charge in [0.1, 0.15) is 6.61 Å². The molecule has 0 fully saturated rings. The maximum Gasteiger partial charge on any atom is 0.411 e. The summed E-state index contributed by atoms with van der Waals surface area (Å²) in [7, 11) is 0. The molecule has 1 unspecified atom stereocenters. The topological polar surface area (TPSA) is 50.4 Å². The first kappa shape index (κ1) is 20.3. The van der Waals surface area contributed by atoms with E-state index >= 15 is 0 Å². The van der Waals surface area contributed by atoms with Crippen LogP contribution in [0, 0.1) is 5.92 Å². The van der Waals surface area contributed by atoms with Gasteiger partial charge in [0.2, 0.25) is 0 Å². The third-order valence-corrected chi connectivity index (χ3v) is 3.53. The standard InChI is InChI=1S/C17H25F3N2O2/c1-13(2)15(14-7-4-3-5-8-14)11-22-16(23)21-9-6-10-24-12-17(18,19)20/h3-5,7-8,13,15H,6,9-12H2,1-2H3,(H2,21,22,23). The number of rotatable bonds is 9. The van der Waals surface area contributed by atoms with Gasteiger partial charge in [-0.2, -0.15) is 13.2 Å². The Labute approximate surface area is 140 Å². The van der Waals surface area contributed by atoms with Gasteiger partial charge in [-0.3, -0.25) is 0 Å². The molecule has 0 bridgehead atoms. The quantitative estimate of drug-likeness (QED) is 0.670. The van der Waals surface area contributed by atoms with Gasteiger partial charge >= 0.3 is 12.2 Å². The van der Waals surface area contributed by atoms with E-state index in [9.17, 15) is 18.0 Å². The van der Waals surface area contributed by atoms with E-state index in [4.69, 9.17) is 0 Å². The molecule has 0 aliphatic rings. The van der Waals surface area contributed by atoms with Crippen LogP contribution in [0.5, 0.6) is 0 Å². The lowest BCUT2D eigenvalue weighted by atomic mass is 9.88. The number of hydrogen-bond donors (Lipinski definition) is 2. The largest absolute Gasteiger partial charge is 0.411 e. The lowest BCUT2D eigenvalue weighted by Crippen LogP contribution is -2.39. The van der Waals surface area contributed by atoms with E-state index in [1.54, 1.807) is 0 Å². The van der Waals surface area contributed by atoms with E-state index in [2.05, 4.69) is 29.2 Å². The van der Waals surface area contributed by atoms with Gasteiger partial charge in [0.25, 0.3) is 0 Å². The molecule has 1 atom stereocenters. The maximum atomic E-state index is 11.9. The van der Waals surface area contributed by atoms with Crippen molar-refractivity contribution in [3.63, 3.8) is 0 Å². The first-order valence-electron chi connectivity index (χ1n) is 8.00. The van der Waals surface area contributed by atoms with Crippen LogP contribution in [0.15, 0.2) is 30.3 Å². The van der Waals surface area contributed by atoms with E-state index in [0.29, 0.717) is 18.9 Å². The van der Waals surface area contributed by atoms with E-state index < -0.39 is 12.8 Å². The van der Waals surface area contributed by atoms with Crippen LogP contribution in [0.1, 0.15) is 31.7 Å². The maximum absolute atomic E-state index is 11.9. The zero-order chi connectivity index (χ0) is 18.0. The molecule has 136 valence electrons. The van der Waals surface area contributed by atoms with Crippen molar-refractivity contribution in [2.75, 3.05) is 26.3 Å². The third-order valence-electron chi connectivity index (χ3n) is 3.53. The fraction of sp³-hybridized carbons (Fsp3) is 0.588. The molecule has 0 saturated carbocycles. The Hall–Kier alpha value is -1.76. The highest BCUT2D eigenvalue weighted by molar-refractivity contribution is 5.73. The number of nitrogens with one attached hydrogen (secondary N) is 2. The summed E-state index contributed by atoms with van der Waals surface area (Å²) >= 11 is 0. The number of ether oxygens (including phenoxy) is 1. The van der Waals surface area contributed by atoms with Gasteiger partial charge in [0, 0.05) is 25.6 Å². The monoisotopic (exact) mass is 346 g/mol. The average Bonchev–Trinajstić information content (AvgIpc) is 2.50. The highest BCUT2D eigenvalue weighted by Gasteiger charge is 2.27. The SMILES string of the molecule is CC(C)C(CNC(=O)NCCCOCC(F)(F)F)c1ccccc1. The van der Waals surface area contributed by atoms with Gasteiger partial charge in [-0.05, 0) is 17.9 Å². The van der Waals surface area contributed by atoms with Crippen LogP contribution >= 0.6 is 0 Å². The van der Waals surface area contributed by atoms with E-state index in [1.807, 2.05) is 30.3 Å². The first-order valence-corrected chi connectivity index (χ1v) is 8.00. The van der Waals surface area contributed by atoms with Crippen LogP contribution in [0.4, 0.5) is 18.0 Å². The molecule has 0 saturated heterocycles. The van der Waals surface area contributed by atoms with E-state index in [-0.39, 0.29) is 25.1 Å². The minimum Gasteiger partial charge on any atom is -0.372 e. The van der Waals surface area contributed by atoms with Gasteiger partial charge < -0.3 is 15.4 Å². The fourth-order valence-electron chi connectivity index (χ4n) is 2.27. The molecule has 1 rings (SSSR count). The van der Waals surface area contributed by atoms with Crippen molar-refractivity contribution in [3.8, 4) is 0 Å². The molecule has 24 heavy (non-hydrogen) atoms. The number of amides is 2. The van der Waals surface area contributed by atoms with Crippen LogP contribution in [0.3, 0.4) is 0 Å². The van der Waals surface area contributed by atoms with Crippen LogP contribution in [-0.4, -0.2) is 38.5 Å². The van der Waals surface area contributed by atoms with Crippen molar-refractivity contribution in [2.45, 2.75) is 32.4 Å². The molecule has 1 aromatic carbocycles. The van der Waals surface area contributed by atoms with Crippen LogP contribution in [-0.2, 0) is 4.74 Å². The van der Waals surface area contributed by atoms with Crippen LogP contribution < -0.4 is 10.6 Å². The zero-order valence-corrected chi connectivity index (χ0v) is 14.0. The molecule has 1 aromatic rings. The molecule has 0 radical (unpaired) electrons.